The number of likely N-dealkylation sites (N-methyl/N-ethyl adjacent to an activating group) is 1. The summed E-state index contributed by atoms with van der Waals surface area (Å²) >= 11 is 0. The van der Waals surface area contributed by atoms with Gasteiger partial charge in [-0.15, -0.1) is 0 Å². The van der Waals surface area contributed by atoms with Gasteiger partial charge < -0.3 is 19.7 Å². The first-order valence-electron chi connectivity index (χ1n) is 9.41. The zero-order valence-corrected chi connectivity index (χ0v) is 16.7. The van der Waals surface area contributed by atoms with Crippen molar-refractivity contribution in [3.63, 3.8) is 0 Å². The summed E-state index contributed by atoms with van der Waals surface area (Å²) in [5, 5.41) is 2.65. The summed E-state index contributed by atoms with van der Waals surface area (Å²) in [4.78, 5) is 26.8. The largest absolute Gasteiger partial charge is 0.493 e. The van der Waals surface area contributed by atoms with Crippen LogP contribution < -0.4 is 14.8 Å². The molecule has 2 rings (SSSR count). The van der Waals surface area contributed by atoms with Crippen LogP contribution in [0.2, 0.25) is 0 Å². The highest BCUT2D eigenvalue weighted by Gasteiger charge is 2.28. The average Bonchev–Trinajstić information content (AvgIpc) is 2.75. The van der Waals surface area contributed by atoms with Gasteiger partial charge in [-0.3, -0.25) is 9.59 Å². The molecule has 0 saturated carbocycles. The first kappa shape index (κ1) is 21.3. The molecule has 0 aliphatic heterocycles. The lowest BCUT2D eigenvalue weighted by molar-refractivity contribution is -0.142. The summed E-state index contributed by atoms with van der Waals surface area (Å²) in [5.74, 6) is 0.636. The molecule has 0 aliphatic carbocycles. The van der Waals surface area contributed by atoms with E-state index in [0.717, 1.165) is 5.56 Å². The highest BCUT2D eigenvalue weighted by Crippen LogP contribution is 2.25. The van der Waals surface area contributed by atoms with Crippen LogP contribution in [0.3, 0.4) is 0 Å². The Morgan fingerprint density at radius 2 is 1.68 bits per heavy atom. The molecule has 2 aromatic carbocycles. The van der Waals surface area contributed by atoms with Crippen molar-refractivity contribution < 1.29 is 19.1 Å². The molecule has 1 atom stereocenters. The van der Waals surface area contributed by atoms with Gasteiger partial charge in [0.2, 0.25) is 5.91 Å². The van der Waals surface area contributed by atoms with Crippen LogP contribution >= 0.6 is 0 Å². The van der Waals surface area contributed by atoms with E-state index in [1.165, 1.54) is 0 Å². The predicted octanol–water partition coefficient (Wildman–Crippen LogP) is 2.67. The van der Waals surface area contributed by atoms with Crippen LogP contribution in [0.25, 0.3) is 0 Å². The topological polar surface area (TPSA) is 67.9 Å². The van der Waals surface area contributed by atoms with Gasteiger partial charge in [0, 0.05) is 13.6 Å². The Balaban J connectivity index is 2.11. The molecule has 0 fully saturated rings. The van der Waals surface area contributed by atoms with Gasteiger partial charge >= 0.3 is 0 Å². The van der Waals surface area contributed by atoms with E-state index in [-0.39, 0.29) is 18.4 Å². The van der Waals surface area contributed by atoms with E-state index < -0.39 is 6.04 Å². The molecule has 150 valence electrons. The smallest absolute Gasteiger partial charge is 0.261 e. The van der Waals surface area contributed by atoms with Gasteiger partial charge in [0.25, 0.3) is 5.91 Å². The maximum absolute atomic E-state index is 12.9. The zero-order valence-electron chi connectivity index (χ0n) is 16.7. The van der Waals surface area contributed by atoms with E-state index in [9.17, 15) is 9.59 Å². The number of hydrogen-bond donors (Lipinski definition) is 1. The Morgan fingerprint density at radius 1 is 1.04 bits per heavy atom. The Labute approximate surface area is 166 Å². The Kier molecular flexibility index (Phi) is 8.34. The summed E-state index contributed by atoms with van der Waals surface area (Å²) in [6.45, 7) is 2.16. The second-order valence-corrected chi connectivity index (χ2v) is 6.30. The van der Waals surface area contributed by atoms with E-state index in [4.69, 9.17) is 9.47 Å². The van der Waals surface area contributed by atoms with Gasteiger partial charge in [-0.1, -0.05) is 49.4 Å². The number of rotatable bonds is 10. The number of nitrogens with one attached hydrogen (secondary N) is 1. The quantitative estimate of drug-likeness (QED) is 0.684. The number of para-hydroxylation sites is 2. The lowest BCUT2D eigenvalue weighted by Crippen LogP contribution is -2.50. The molecule has 28 heavy (non-hydrogen) atoms. The number of ether oxygens (including phenoxy) is 2. The number of carbonyl (C=O) groups is 2. The molecule has 2 aromatic rings. The van der Waals surface area contributed by atoms with Crippen molar-refractivity contribution in [1.29, 1.82) is 0 Å². The third-order valence-corrected chi connectivity index (χ3v) is 4.54. The van der Waals surface area contributed by atoms with Crippen molar-refractivity contribution in [3.8, 4) is 11.5 Å². The molecule has 0 aliphatic rings. The summed E-state index contributed by atoms with van der Waals surface area (Å²) in [6.07, 6.45) is 1.18. The zero-order chi connectivity index (χ0) is 20.4. The van der Waals surface area contributed by atoms with Gasteiger partial charge in [0.15, 0.2) is 18.1 Å². The molecule has 0 radical (unpaired) electrons. The highest BCUT2D eigenvalue weighted by molar-refractivity contribution is 5.88. The molecule has 0 spiro atoms. The molecule has 0 unspecified atom stereocenters. The van der Waals surface area contributed by atoms with E-state index in [1.807, 2.05) is 49.4 Å². The fraction of sp³-hybridized carbons (Fsp3) is 0.364. The highest BCUT2D eigenvalue weighted by atomic mass is 16.5. The average molecular weight is 384 g/mol. The second-order valence-electron chi connectivity index (χ2n) is 6.30. The molecular formula is C22H28N2O4. The predicted molar refractivity (Wildman–Crippen MR) is 108 cm³/mol. The molecule has 1 N–H and O–H groups in total. The molecule has 0 bridgehead atoms. The van der Waals surface area contributed by atoms with Crippen molar-refractivity contribution in [2.24, 2.45) is 0 Å². The first-order valence-corrected chi connectivity index (χ1v) is 9.41. The number of amides is 2. The number of carbonyl (C=O) groups excluding carboxylic acids is 2. The minimum Gasteiger partial charge on any atom is -0.493 e. The molecule has 0 saturated heterocycles. The third-order valence-electron chi connectivity index (χ3n) is 4.54. The Hall–Kier alpha value is -3.02. The SMILES string of the molecule is CC[C@H](C(=O)NC)N(CCc1ccccc1)C(=O)COc1ccccc1OC. The van der Waals surface area contributed by atoms with Gasteiger partial charge in [0.05, 0.1) is 7.11 Å². The van der Waals surface area contributed by atoms with Crippen molar-refractivity contribution >= 4 is 11.8 Å². The molecule has 6 nitrogen and oxygen atoms in total. The normalized spacial score (nSPS) is 11.4. The fourth-order valence-electron chi connectivity index (χ4n) is 3.02. The van der Waals surface area contributed by atoms with Gasteiger partial charge in [-0.25, -0.2) is 0 Å². The lowest BCUT2D eigenvalue weighted by atomic mass is 10.1. The summed E-state index contributed by atoms with van der Waals surface area (Å²) in [7, 11) is 3.13. The minimum absolute atomic E-state index is 0.164. The standard InChI is InChI=1S/C22H28N2O4/c1-4-18(22(26)23-2)24(15-14-17-10-6-5-7-11-17)21(25)16-28-20-13-9-8-12-19(20)27-3/h5-13,18H,4,14-16H2,1-3H3,(H,23,26)/t18-/m1/s1. The van der Waals surface area contributed by atoms with Gasteiger partial charge in [-0.2, -0.15) is 0 Å². The maximum Gasteiger partial charge on any atom is 0.261 e. The van der Waals surface area contributed by atoms with E-state index in [0.29, 0.717) is 30.9 Å². The summed E-state index contributed by atoms with van der Waals surface area (Å²) in [5.41, 5.74) is 1.11. The summed E-state index contributed by atoms with van der Waals surface area (Å²) < 4.78 is 10.9. The lowest BCUT2D eigenvalue weighted by Gasteiger charge is -2.30. The van der Waals surface area contributed by atoms with E-state index >= 15 is 0 Å². The fourth-order valence-corrected chi connectivity index (χ4v) is 3.02. The van der Waals surface area contributed by atoms with Crippen molar-refractivity contribution in [3.05, 3.63) is 60.2 Å². The first-order chi connectivity index (χ1) is 13.6. The molecular weight excluding hydrogens is 356 g/mol. The van der Waals surface area contributed by atoms with E-state index in [2.05, 4.69) is 5.32 Å². The molecule has 0 aromatic heterocycles. The second kappa shape index (κ2) is 11.0. The Bertz CT molecular complexity index is 764. The van der Waals surface area contributed by atoms with Crippen LogP contribution in [0.5, 0.6) is 11.5 Å². The number of hydrogen-bond acceptors (Lipinski definition) is 4. The van der Waals surface area contributed by atoms with Crippen LogP contribution in [0, 0.1) is 0 Å². The van der Waals surface area contributed by atoms with Crippen LogP contribution in [0.1, 0.15) is 18.9 Å². The molecule has 6 heteroatoms. The molecule has 2 amide bonds. The summed E-state index contributed by atoms with van der Waals surface area (Å²) in [6, 6.07) is 16.5. The third kappa shape index (κ3) is 5.74. The maximum atomic E-state index is 12.9. The molecule has 0 heterocycles. The van der Waals surface area contributed by atoms with Gasteiger partial charge in [0.1, 0.15) is 6.04 Å². The van der Waals surface area contributed by atoms with Crippen molar-refractivity contribution in [1.82, 2.24) is 10.2 Å². The minimum atomic E-state index is -0.539. The van der Waals surface area contributed by atoms with E-state index in [1.54, 1.807) is 31.2 Å². The van der Waals surface area contributed by atoms with Gasteiger partial charge in [-0.05, 0) is 30.5 Å². The number of methoxy groups -OCH3 is 1. The van der Waals surface area contributed by atoms with Crippen LogP contribution in [-0.2, 0) is 16.0 Å². The monoisotopic (exact) mass is 384 g/mol. The van der Waals surface area contributed by atoms with Crippen LogP contribution in [0.4, 0.5) is 0 Å². The van der Waals surface area contributed by atoms with Crippen LogP contribution in [0.15, 0.2) is 54.6 Å². The number of benzene rings is 2. The Morgan fingerprint density at radius 3 is 2.29 bits per heavy atom. The van der Waals surface area contributed by atoms with Crippen molar-refractivity contribution in [2.75, 3.05) is 27.3 Å². The number of nitrogens with zero attached hydrogens (tertiary/aromatic N) is 1. The van der Waals surface area contributed by atoms with Crippen molar-refractivity contribution in [2.45, 2.75) is 25.8 Å². The van der Waals surface area contributed by atoms with Crippen LogP contribution in [-0.4, -0.2) is 50.1 Å².